The average Bonchev–Trinajstić information content (AvgIpc) is 2.41. The lowest BCUT2D eigenvalue weighted by Crippen LogP contribution is -2.51. The third-order valence-electron chi connectivity index (χ3n) is 2.96. The van der Waals surface area contributed by atoms with Crippen LogP contribution in [-0.4, -0.2) is 19.0 Å². The lowest BCUT2D eigenvalue weighted by atomic mass is 9.90. The Hall–Kier alpha value is -2.18. The van der Waals surface area contributed by atoms with Crippen LogP contribution in [0.4, 0.5) is 8.78 Å². The van der Waals surface area contributed by atoms with Crippen molar-refractivity contribution < 1.29 is 13.6 Å². The Labute approximate surface area is 114 Å². The van der Waals surface area contributed by atoms with Crippen LogP contribution in [0.5, 0.6) is 0 Å². The summed E-state index contributed by atoms with van der Waals surface area (Å²) in [5, 5.41) is 6.11. The van der Waals surface area contributed by atoms with E-state index < -0.39 is 23.1 Å². The van der Waals surface area contributed by atoms with Gasteiger partial charge in [-0.25, -0.2) is 8.78 Å². The van der Waals surface area contributed by atoms with Crippen LogP contribution in [0, 0.1) is 11.6 Å². The fraction of sp³-hybridized carbons (Fsp3) is 0.417. The van der Waals surface area contributed by atoms with Crippen molar-refractivity contribution in [2.45, 2.75) is 18.9 Å². The van der Waals surface area contributed by atoms with Crippen LogP contribution in [0.3, 0.4) is 0 Å². The highest BCUT2D eigenvalue weighted by molar-refractivity contribution is 5.85. The molecule has 1 amide bonds. The first-order valence-corrected chi connectivity index (χ1v) is 5.93. The summed E-state index contributed by atoms with van der Waals surface area (Å²) >= 11 is 0. The van der Waals surface area contributed by atoms with Crippen molar-refractivity contribution in [1.29, 1.82) is 0 Å². The molecular formula is C12H15F2N5O. The van der Waals surface area contributed by atoms with Crippen molar-refractivity contribution in [3.8, 4) is 0 Å². The van der Waals surface area contributed by atoms with Gasteiger partial charge in [-0.15, -0.1) is 0 Å². The molecule has 0 aliphatic carbocycles. The van der Waals surface area contributed by atoms with Gasteiger partial charge in [0.2, 0.25) is 5.91 Å². The van der Waals surface area contributed by atoms with E-state index in [0.717, 1.165) is 6.07 Å². The molecule has 8 heteroatoms. The SMILES string of the molecule is CC(NCCCN=[N+]=[N-])(C(N)=O)c1cccc(F)c1F. The molecule has 0 radical (unpaired) electrons. The monoisotopic (exact) mass is 283 g/mol. The molecule has 3 N–H and O–H groups in total. The number of halogens is 2. The maximum atomic E-state index is 13.8. The number of amides is 1. The molecular weight excluding hydrogens is 268 g/mol. The number of azide groups is 1. The number of nitrogens with zero attached hydrogens (tertiary/aromatic N) is 3. The van der Waals surface area contributed by atoms with Crippen LogP contribution < -0.4 is 11.1 Å². The lowest BCUT2D eigenvalue weighted by molar-refractivity contribution is -0.124. The molecule has 0 fully saturated rings. The van der Waals surface area contributed by atoms with Crippen LogP contribution in [-0.2, 0) is 10.3 Å². The minimum atomic E-state index is -1.54. The van der Waals surface area contributed by atoms with E-state index in [0.29, 0.717) is 6.42 Å². The topological polar surface area (TPSA) is 104 Å². The predicted octanol–water partition coefficient (Wildman–Crippen LogP) is 1.96. The maximum absolute atomic E-state index is 13.8. The lowest BCUT2D eigenvalue weighted by Gasteiger charge is -2.28. The zero-order valence-electron chi connectivity index (χ0n) is 10.9. The minimum absolute atomic E-state index is 0.159. The number of benzene rings is 1. The molecule has 1 unspecified atom stereocenters. The Kier molecular flexibility index (Phi) is 5.42. The normalized spacial score (nSPS) is 13.3. The van der Waals surface area contributed by atoms with Gasteiger partial charge in [0.05, 0.1) is 0 Å². The third-order valence-corrected chi connectivity index (χ3v) is 2.96. The number of primary amides is 1. The van der Waals surface area contributed by atoms with Crippen LogP contribution >= 0.6 is 0 Å². The molecule has 108 valence electrons. The molecule has 1 aromatic carbocycles. The number of hydrogen-bond acceptors (Lipinski definition) is 3. The highest BCUT2D eigenvalue weighted by Gasteiger charge is 2.35. The molecule has 0 bridgehead atoms. The fourth-order valence-electron chi connectivity index (χ4n) is 1.74. The molecule has 0 spiro atoms. The Morgan fingerprint density at radius 2 is 2.25 bits per heavy atom. The summed E-state index contributed by atoms with van der Waals surface area (Å²) in [6.07, 6.45) is 0.434. The number of carbonyl (C=O) groups is 1. The van der Waals surface area contributed by atoms with Gasteiger partial charge < -0.3 is 5.73 Å². The van der Waals surface area contributed by atoms with Gasteiger partial charge in [-0.2, -0.15) is 0 Å². The standard InChI is InChI=1S/C12H15F2N5O/c1-12(11(15)20,17-6-3-7-18-19-16)8-4-2-5-9(13)10(8)14/h2,4-5,17H,3,6-7H2,1H3,(H2,15,20). The molecule has 0 aromatic heterocycles. The number of rotatable bonds is 7. The van der Waals surface area contributed by atoms with E-state index in [9.17, 15) is 13.6 Å². The first-order valence-electron chi connectivity index (χ1n) is 5.93. The Morgan fingerprint density at radius 3 is 2.85 bits per heavy atom. The largest absolute Gasteiger partial charge is 0.368 e. The highest BCUT2D eigenvalue weighted by Crippen LogP contribution is 2.25. The summed E-state index contributed by atoms with van der Waals surface area (Å²) in [5.41, 5.74) is 11.7. The van der Waals surface area contributed by atoms with E-state index in [-0.39, 0.29) is 18.7 Å². The molecule has 1 rings (SSSR count). The van der Waals surface area contributed by atoms with E-state index in [1.165, 1.54) is 19.1 Å². The Morgan fingerprint density at radius 1 is 1.55 bits per heavy atom. The fourth-order valence-corrected chi connectivity index (χ4v) is 1.74. The van der Waals surface area contributed by atoms with Gasteiger partial charge >= 0.3 is 0 Å². The smallest absolute Gasteiger partial charge is 0.242 e. The summed E-state index contributed by atoms with van der Waals surface area (Å²) in [6, 6.07) is 3.56. The molecule has 0 aliphatic rings. The van der Waals surface area contributed by atoms with Gasteiger partial charge in [-0.05, 0) is 31.5 Å². The first kappa shape index (κ1) is 15.9. The molecule has 0 saturated carbocycles. The van der Waals surface area contributed by atoms with Crippen molar-refractivity contribution >= 4 is 5.91 Å². The van der Waals surface area contributed by atoms with E-state index >= 15 is 0 Å². The average molecular weight is 283 g/mol. The van der Waals surface area contributed by atoms with E-state index in [1.807, 2.05) is 0 Å². The van der Waals surface area contributed by atoms with Gasteiger partial charge in [-0.1, -0.05) is 17.2 Å². The van der Waals surface area contributed by atoms with Gasteiger partial charge in [0.25, 0.3) is 0 Å². The van der Waals surface area contributed by atoms with E-state index in [4.69, 9.17) is 11.3 Å². The van der Waals surface area contributed by atoms with Gasteiger partial charge in [-0.3, -0.25) is 10.1 Å². The second kappa shape index (κ2) is 6.83. The second-order valence-electron chi connectivity index (χ2n) is 4.33. The summed E-state index contributed by atoms with van der Waals surface area (Å²) in [5.74, 6) is -2.99. The first-order chi connectivity index (χ1) is 9.43. The van der Waals surface area contributed by atoms with Crippen molar-refractivity contribution in [2.24, 2.45) is 10.8 Å². The molecule has 0 heterocycles. The predicted molar refractivity (Wildman–Crippen MR) is 69.5 cm³/mol. The quantitative estimate of drug-likeness (QED) is 0.345. The number of carbonyl (C=O) groups excluding carboxylic acids is 1. The summed E-state index contributed by atoms with van der Waals surface area (Å²) < 4.78 is 27.0. The summed E-state index contributed by atoms with van der Waals surface area (Å²) in [6.45, 7) is 1.86. The van der Waals surface area contributed by atoms with Gasteiger partial charge in [0.15, 0.2) is 11.6 Å². The maximum Gasteiger partial charge on any atom is 0.242 e. The zero-order valence-corrected chi connectivity index (χ0v) is 10.9. The van der Waals surface area contributed by atoms with Crippen molar-refractivity contribution in [2.75, 3.05) is 13.1 Å². The van der Waals surface area contributed by atoms with Crippen LogP contribution in [0.25, 0.3) is 10.4 Å². The molecule has 1 atom stereocenters. The third kappa shape index (κ3) is 3.43. The van der Waals surface area contributed by atoms with Crippen molar-refractivity contribution in [3.05, 3.63) is 45.8 Å². The molecule has 1 aromatic rings. The van der Waals surface area contributed by atoms with Crippen molar-refractivity contribution in [1.82, 2.24) is 5.32 Å². The number of hydrogen-bond donors (Lipinski definition) is 2. The van der Waals surface area contributed by atoms with Crippen molar-refractivity contribution in [3.63, 3.8) is 0 Å². The van der Waals surface area contributed by atoms with Crippen LogP contribution in [0.2, 0.25) is 0 Å². The van der Waals surface area contributed by atoms with E-state index in [2.05, 4.69) is 15.3 Å². The van der Waals surface area contributed by atoms with E-state index in [1.54, 1.807) is 0 Å². The number of nitrogens with one attached hydrogen (secondary N) is 1. The Balaban J connectivity index is 2.94. The minimum Gasteiger partial charge on any atom is -0.368 e. The zero-order chi connectivity index (χ0) is 15.2. The molecule has 20 heavy (non-hydrogen) atoms. The second-order valence-corrected chi connectivity index (χ2v) is 4.33. The van der Waals surface area contributed by atoms with Crippen LogP contribution in [0.15, 0.2) is 23.3 Å². The van der Waals surface area contributed by atoms with Gasteiger partial charge in [0, 0.05) is 17.0 Å². The summed E-state index contributed by atoms with van der Waals surface area (Å²) in [7, 11) is 0. The molecule has 0 aliphatic heterocycles. The number of nitrogens with two attached hydrogens (primary N) is 1. The van der Waals surface area contributed by atoms with Crippen LogP contribution in [0.1, 0.15) is 18.9 Å². The van der Waals surface area contributed by atoms with Gasteiger partial charge in [0.1, 0.15) is 5.54 Å². The highest BCUT2D eigenvalue weighted by atomic mass is 19.2. The molecule has 0 saturated heterocycles. The Bertz CT molecular complexity index is 545. The molecule has 6 nitrogen and oxygen atoms in total. The summed E-state index contributed by atoms with van der Waals surface area (Å²) in [4.78, 5) is 14.2.